The number of hydrogen-bond donors (Lipinski definition) is 1. The molecule has 3 rings (SSSR count). The van der Waals surface area contributed by atoms with Crippen molar-refractivity contribution < 1.29 is 0 Å². The van der Waals surface area contributed by atoms with Crippen LogP contribution in [0, 0.1) is 6.92 Å². The van der Waals surface area contributed by atoms with Crippen molar-refractivity contribution in [3.05, 3.63) is 28.8 Å². The first-order valence-corrected chi connectivity index (χ1v) is 7.27. The van der Waals surface area contributed by atoms with E-state index in [1.54, 1.807) is 4.68 Å². The van der Waals surface area contributed by atoms with E-state index in [0.717, 1.165) is 24.3 Å². The Morgan fingerprint density at radius 2 is 1.95 bits per heavy atom. The van der Waals surface area contributed by atoms with E-state index in [1.165, 1.54) is 19.3 Å². The van der Waals surface area contributed by atoms with Crippen molar-refractivity contribution in [2.24, 2.45) is 0 Å². The molecule has 1 saturated heterocycles. The Kier molecular flexibility index (Phi) is 3.53. The van der Waals surface area contributed by atoms with Crippen LogP contribution in [0.4, 0.5) is 11.9 Å². The summed E-state index contributed by atoms with van der Waals surface area (Å²) in [5.74, 6) is 1.10. The lowest BCUT2D eigenvalue weighted by atomic mass is 10.1. The van der Waals surface area contributed by atoms with Crippen molar-refractivity contribution >= 4 is 23.5 Å². The number of aromatic nitrogens is 3. The maximum atomic E-state index is 6.16. The van der Waals surface area contributed by atoms with E-state index in [9.17, 15) is 0 Å². The first-order valence-electron chi connectivity index (χ1n) is 6.89. The van der Waals surface area contributed by atoms with Crippen LogP contribution in [0.2, 0.25) is 5.02 Å². The highest BCUT2D eigenvalue weighted by atomic mass is 35.5. The third-order valence-electron chi connectivity index (χ3n) is 3.66. The summed E-state index contributed by atoms with van der Waals surface area (Å²) >= 11 is 6.16. The average molecular weight is 292 g/mol. The van der Waals surface area contributed by atoms with Crippen molar-refractivity contribution in [2.75, 3.05) is 23.7 Å². The second kappa shape index (κ2) is 5.32. The van der Waals surface area contributed by atoms with Crippen LogP contribution >= 0.6 is 11.6 Å². The molecule has 2 aromatic rings. The summed E-state index contributed by atoms with van der Waals surface area (Å²) in [5, 5.41) is 5.23. The molecule has 0 amide bonds. The molecule has 1 fully saturated rings. The van der Waals surface area contributed by atoms with Gasteiger partial charge in [-0.2, -0.15) is 9.67 Å². The van der Waals surface area contributed by atoms with Crippen LogP contribution in [0.25, 0.3) is 5.69 Å². The Morgan fingerprint density at radius 1 is 1.20 bits per heavy atom. The summed E-state index contributed by atoms with van der Waals surface area (Å²) in [7, 11) is 0. The van der Waals surface area contributed by atoms with E-state index in [1.807, 2.05) is 25.1 Å². The lowest BCUT2D eigenvalue weighted by molar-refractivity contribution is 0.568. The molecule has 20 heavy (non-hydrogen) atoms. The van der Waals surface area contributed by atoms with Crippen molar-refractivity contribution in [3.8, 4) is 5.69 Å². The fourth-order valence-corrected chi connectivity index (χ4v) is 2.62. The largest absolute Gasteiger partial charge is 0.368 e. The van der Waals surface area contributed by atoms with E-state index in [0.29, 0.717) is 16.9 Å². The van der Waals surface area contributed by atoms with Gasteiger partial charge in [-0.15, -0.1) is 5.10 Å². The highest BCUT2D eigenvalue weighted by Crippen LogP contribution is 2.23. The summed E-state index contributed by atoms with van der Waals surface area (Å²) in [6.07, 6.45) is 3.65. The minimum atomic E-state index is 0.394. The third-order valence-corrected chi connectivity index (χ3v) is 4.07. The summed E-state index contributed by atoms with van der Waals surface area (Å²) < 4.78 is 1.65. The first kappa shape index (κ1) is 13.2. The van der Waals surface area contributed by atoms with Crippen LogP contribution in [-0.4, -0.2) is 27.9 Å². The molecule has 0 radical (unpaired) electrons. The molecule has 1 aliphatic rings. The Hall–Kier alpha value is -1.75. The van der Waals surface area contributed by atoms with Gasteiger partial charge in [0.15, 0.2) is 0 Å². The zero-order valence-corrected chi connectivity index (χ0v) is 12.3. The Labute approximate surface area is 123 Å². The molecule has 0 saturated carbocycles. The quantitative estimate of drug-likeness (QED) is 0.924. The van der Waals surface area contributed by atoms with Crippen molar-refractivity contribution in [3.63, 3.8) is 0 Å². The zero-order chi connectivity index (χ0) is 14.1. The molecule has 1 aliphatic heterocycles. The predicted molar refractivity (Wildman–Crippen MR) is 81.6 cm³/mol. The van der Waals surface area contributed by atoms with E-state index in [4.69, 9.17) is 17.3 Å². The number of nitrogens with zero attached hydrogens (tertiary/aromatic N) is 4. The van der Waals surface area contributed by atoms with E-state index in [2.05, 4.69) is 15.0 Å². The van der Waals surface area contributed by atoms with Crippen LogP contribution in [0.1, 0.15) is 24.8 Å². The maximum absolute atomic E-state index is 6.16. The number of halogens is 1. The van der Waals surface area contributed by atoms with Crippen LogP contribution in [0.3, 0.4) is 0 Å². The van der Waals surface area contributed by atoms with Gasteiger partial charge in [0.1, 0.15) is 0 Å². The lowest BCUT2D eigenvalue weighted by Crippen LogP contribution is -2.30. The van der Waals surface area contributed by atoms with Gasteiger partial charge in [-0.05, 0) is 43.9 Å². The van der Waals surface area contributed by atoms with E-state index < -0.39 is 0 Å². The highest BCUT2D eigenvalue weighted by molar-refractivity contribution is 6.31. The van der Waals surface area contributed by atoms with Gasteiger partial charge in [-0.25, -0.2) is 0 Å². The van der Waals surface area contributed by atoms with E-state index in [-0.39, 0.29) is 0 Å². The van der Waals surface area contributed by atoms with Gasteiger partial charge in [0.2, 0.25) is 11.9 Å². The summed E-state index contributed by atoms with van der Waals surface area (Å²) in [6, 6.07) is 5.77. The standard InChI is InChI=1S/C14H18ClN5/c1-10-5-6-11(9-12(10)15)20-13(16)17-14(18-20)19-7-3-2-4-8-19/h5-6,9H,2-4,7-8H2,1H3,(H2,16,17,18). The number of anilines is 2. The Balaban J connectivity index is 1.93. The number of hydrogen-bond acceptors (Lipinski definition) is 4. The molecule has 6 heteroatoms. The molecule has 2 heterocycles. The fourth-order valence-electron chi connectivity index (χ4n) is 2.44. The second-order valence-corrected chi connectivity index (χ2v) is 5.57. The summed E-state index contributed by atoms with van der Waals surface area (Å²) in [5.41, 5.74) is 7.86. The molecule has 106 valence electrons. The normalized spacial score (nSPS) is 15.6. The zero-order valence-electron chi connectivity index (χ0n) is 11.5. The van der Waals surface area contributed by atoms with Crippen molar-refractivity contribution in [2.45, 2.75) is 26.2 Å². The predicted octanol–water partition coefficient (Wildman–Crippen LogP) is 2.80. The van der Waals surface area contributed by atoms with Gasteiger partial charge >= 0.3 is 0 Å². The smallest absolute Gasteiger partial charge is 0.246 e. The van der Waals surface area contributed by atoms with Crippen LogP contribution in [0.5, 0.6) is 0 Å². The number of aryl methyl sites for hydroxylation is 1. The Morgan fingerprint density at radius 3 is 2.65 bits per heavy atom. The molecule has 0 atom stereocenters. The highest BCUT2D eigenvalue weighted by Gasteiger charge is 2.17. The average Bonchev–Trinajstić information content (AvgIpc) is 2.85. The van der Waals surface area contributed by atoms with Gasteiger partial charge in [-0.3, -0.25) is 0 Å². The van der Waals surface area contributed by atoms with Crippen molar-refractivity contribution in [1.29, 1.82) is 0 Å². The van der Waals surface area contributed by atoms with Crippen LogP contribution < -0.4 is 10.6 Å². The summed E-state index contributed by atoms with van der Waals surface area (Å²) in [4.78, 5) is 6.56. The van der Waals surface area contributed by atoms with Gasteiger partial charge in [-0.1, -0.05) is 17.7 Å². The van der Waals surface area contributed by atoms with Gasteiger partial charge in [0, 0.05) is 18.1 Å². The molecule has 0 spiro atoms. The number of rotatable bonds is 2. The topological polar surface area (TPSA) is 60.0 Å². The number of nitrogen functional groups attached to an aromatic ring is 1. The van der Waals surface area contributed by atoms with Gasteiger partial charge < -0.3 is 10.6 Å². The van der Waals surface area contributed by atoms with Crippen LogP contribution in [0.15, 0.2) is 18.2 Å². The molecule has 2 N–H and O–H groups in total. The number of nitrogens with two attached hydrogens (primary N) is 1. The molecular formula is C14H18ClN5. The molecule has 5 nitrogen and oxygen atoms in total. The number of piperidine rings is 1. The second-order valence-electron chi connectivity index (χ2n) is 5.16. The molecule has 0 unspecified atom stereocenters. The number of benzene rings is 1. The molecule has 1 aromatic carbocycles. The minimum absolute atomic E-state index is 0.394. The van der Waals surface area contributed by atoms with Crippen molar-refractivity contribution in [1.82, 2.24) is 14.8 Å². The van der Waals surface area contributed by atoms with E-state index >= 15 is 0 Å². The molecular weight excluding hydrogens is 274 g/mol. The SMILES string of the molecule is Cc1ccc(-n2nc(N3CCCCC3)nc2N)cc1Cl. The monoisotopic (exact) mass is 291 g/mol. The molecule has 0 bridgehead atoms. The summed E-state index contributed by atoms with van der Waals surface area (Å²) in [6.45, 7) is 3.96. The first-order chi connectivity index (χ1) is 9.65. The molecule has 0 aliphatic carbocycles. The van der Waals surface area contributed by atoms with Gasteiger partial charge in [0.25, 0.3) is 0 Å². The van der Waals surface area contributed by atoms with Gasteiger partial charge in [0.05, 0.1) is 5.69 Å². The van der Waals surface area contributed by atoms with Crippen LogP contribution in [-0.2, 0) is 0 Å². The Bertz CT molecular complexity index is 616. The minimum Gasteiger partial charge on any atom is -0.368 e. The third kappa shape index (κ3) is 2.45. The fraction of sp³-hybridized carbons (Fsp3) is 0.429. The molecule has 1 aromatic heterocycles. The maximum Gasteiger partial charge on any atom is 0.246 e. The lowest BCUT2D eigenvalue weighted by Gasteiger charge is -2.24.